The van der Waals surface area contributed by atoms with Gasteiger partial charge in [0.2, 0.25) is 5.91 Å². The topological polar surface area (TPSA) is 95.0 Å². The van der Waals surface area contributed by atoms with Crippen LogP contribution in [0.1, 0.15) is 45.4 Å². The Balaban J connectivity index is 1.45. The number of carbonyl (C=O) groups is 1. The zero-order valence-corrected chi connectivity index (χ0v) is 17.6. The van der Waals surface area contributed by atoms with Gasteiger partial charge < -0.3 is 25.8 Å². The second kappa shape index (κ2) is 11.2. The first-order valence-electron chi connectivity index (χ1n) is 10.9. The zero-order valence-electron chi connectivity index (χ0n) is 17.6. The highest BCUT2D eigenvalue weighted by Gasteiger charge is 2.31. The summed E-state index contributed by atoms with van der Waals surface area (Å²) in [4.78, 5) is 16.8. The number of aliphatic hydroxyl groups excluding tert-OH is 1. The number of benzene rings is 1. The molecule has 0 spiro atoms. The van der Waals surface area contributed by atoms with Crippen molar-refractivity contribution in [3.63, 3.8) is 0 Å². The predicted octanol–water partition coefficient (Wildman–Crippen LogP) is 1.96. The summed E-state index contributed by atoms with van der Waals surface area (Å²) >= 11 is 0. The summed E-state index contributed by atoms with van der Waals surface area (Å²) < 4.78 is 18.4. The lowest BCUT2D eigenvalue weighted by atomic mass is 9.85. The monoisotopic (exact) mass is 420 g/mol. The van der Waals surface area contributed by atoms with Crippen LogP contribution in [0.2, 0.25) is 0 Å². The number of nitrogens with zero attached hydrogens (tertiary/aromatic N) is 1. The second-order valence-corrected chi connectivity index (χ2v) is 8.13. The fourth-order valence-corrected chi connectivity index (χ4v) is 3.59. The molecule has 2 aliphatic rings. The maximum absolute atomic E-state index is 12.9. The Hall–Kier alpha value is -2.35. The fraction of sp³-hybridized carbons (Fsp3) is 0.636. The number of guanidine groups is 1. The maximum atomic E-state index is 12.9. The molecule has 1 aromatic rings. The molecule has 0 radical (unpaired) electrons. The van der Waals surface area contributed by atoms with Crippen LogP contribution in [-0.4, -0.2) is 54.9 Å². The van der Waals surface area contributed by atoms with Crippen LogP contribution in [0.3, 0.4) is 0 Å². The normalized spacial score (nSPS) is 22.8. The van der Waals surface area contributed by atoms with Gasteiger partial charge in [-0.25, -0.2) is 4.39 Å². The highest BCUT2D eigenvalue weighted by molar-refractivity contribution is 5.81. The first-order chi connectivity index (χ1) is 14.5. The van der Waals surface area contributed by atoms with Crippen LogP contribution in [0.15, 0.2) is 29.3 Å². The van der Waals surface area contributed by atoms with Crippen LogP contribution < -0.4 is 20.7 Å². The van der Waals surface area contributed by atoms with Gasteiger partial charge in [0.25, 0.3) is 0 Å². The molecule has 0 aromatic heterocycles. The van der Waals surface area contributed by atoms with Crippen molar-refractivity contribution in [3.05, 3.63) is 30.1 Å². The van der Waals surface area contributed by atoms with Crippen molar-refractivity contribution in [2.45, 2.75) is 63.6 Å². The van der Waals surface area contributed by atoms with Crippen molar-refractivity contribution in [1.82, 2.24) is 16.0 Å². The van der Waals surface area contributed by atoms with E-state index in [0.717, 1.165) is 38.5 Å². The number of hydrogen-bond donors (Lipinski definition) is 4. The van der Waals surface area contributed by atoms with E-state index in [4.69, 9.17) is 4.74 Å². The van der Waals surface area contributed by atoms with Gasteiger partial charge in [-0.15, -0.1) is 0 Å². The molecule has 4 N–H and O–H groups in total. The van der Waals surface area contributed by atoms with Gasteiger partial charge in [-0.1, -0.05) is 6.42 Å². The molecule has 2 saturated carbocycles. The summed E-state index contributed by atoms with van der Waals surface area (Å²) in [5, 5.41) is 19.9. The fourth-order valence-electron chi connectivity index (χ4n) is 3.59. The first-order valence-corrected chi connectivity index (χ1v) is 10.9. The van der Waals surface area contributed by atoms with Crippen molar-refractivity contribution in [1.29, 1.82) is 0 Å². The van der Waals surface area contributed by atoms with Gasteiger partial charge in [-0.3, -0.25) is 9.79 Å². The molecule has 7 nitrogen and oxygen atoms in total. The Labute approximate surface area is 177 Å². The highest BCUT2D eigenvalue weighted by Crippen LogP contribution is 2.26. The SMILES string of the molecule is CCNC(=NCC(O)COc1ccc(F)cc1)NC1CCCC(C(=O)NC2CC2)C1. The zero-order chi connectivity index (χ0) is 21.3. The molecule has 8 heteroatoms. The molecule has 2 aliphatic carbocycles. The molecule has 1 aromatic carbocycles. The average molecular weight is 421 g/mol. The van der Waals surface area contributed by atoms with Gasteiger partial charge in [0.05, 0.1) is 6.54 Å². The van der Waals surface area contributed by atoms with Gasteiger partial charge in [0.15, 0.2) is 5.96 Å². The van der Waals surface area contributed by atoms with Crippen LogP contribution in [0, 0.1) is 11.7 Å². The predicted molar refractivity (Wildman–Crippen MR) is 114 cm³/mol. The van der Waals surface area contributed by atoms with Crippen LogP contribution in [0.5, 0.6) is 5.75 Å². The molecule has 166 valence electrons. The third-order valence-corrected chi connectivity index (χ3v) is 5.37. The number of carbonyl (C=O) groups excluding carboxylic acids is 1. The number of nitrogens with one attached hydrogen (secondary N) is 3. The Morgan fingerprint density at radius 1 is 1.20 bits per heavy atom. The standard InChI is InChI=1S/C22H33FN4O3/c1-2-24-22(25-13-19(28)14-30-20-10-6-16(23)7-11-20)27-18-5-3-4-15(12-18)21(29)26-17-8-9-17/h6-7,10-11,15,17-19,28H,2-5,8-9,12-14H2,1H3,(H,26,29)(H2,24,25,27). The largest absolute Gasteiger partial charge is 0.491 e. The Kier molecular flexibility index (Phi) is 8.30. The molecule has 0 heterocycles. The number of amides is 1. The highest BCUT2D eigenvalue weighted by atomic mass is 19.1. The summed E-state index contributed by atoms with van der Waals surface area (Å²) in [6.07, 6.45) is 5.15. The van der Waals surface area contributed by atoms with E-state index < -0.39 is 6.10 Å². The second-order valence-electron chi connectivity index (χ2n) is 8.13. The van der Waals surface area contributed by atoms with Crippen LogP contribution >= 0.6 is 0 Å². The van der Waals surface area contributed by atoms with Crippen molar-refractivity contribution >= 4 is 11.9 Å². The quantitative estimate of drug-likeness (QED) is 0.362. The number of aliphatic imine (C=N–C) groups is 1. The number of hydrogen-bond acceptors (Lipinski definition) is 4. The van der Waals surface area contributed by atoms with E-state index in [1.807, 2.05) is 6.92 Å². The van der Waals surface area contributed by atoms with Crippen molar-refractivity contribution in [2.24, 2.45) is 10.9 Å². The Bertz CT molecular complexity index is 709. The minimum atomic E-state index is -0.783. The molecule has 3 rings (SSSR count). The van der Waals surface area contributed by atoms with Gasteiger partial charge in [0, 0.05) is 24.5 Å². The maximum Gasteiger partial charge on any atom is 0.223 e. The lowest BCUT2D eigenvalue weighted by Gasteiger charge is -2.30. The Morgan fingerprint density at radius 3 is 2.67 bits per heavy atom. The Morgan fingerprint density at radius 2 is 1.97 bits per heavy atom. The molecule has 3 atom stereocenters. The van der Waals surface area contributed by atoms with E-state index in [0.29, 0.717) is 24.3 Å². The summed E-state index contributed by atoms with van der Waals surface area (Å²) in [6.45, 7) is 2.93. The number of ether oxygens (including phenoxy) is 1. The molecular weight excluding hydrogens is 387 g/mol. The van der Waals surface area contributed by atoms with Crippen LogP contribution in [-0.2, 0) is 4.79 Å². The molecule has 0 saturated heterocycles. The molecular formula is C22H33FN4O3. The molecule has 1 amide bonds. The lowest BCUT2D eigenvalue weighted by Crippen LogP contribution is -2.47. The summed E-state index contributed by atoms with van der Waals surface area (Å²) in [6, 6.07) is 6.25. The van der Waals surface area contributed by atoms with Crippen molar-refractivity contribution in [2.75, 3.05) is 19.7 Å². The van der Waals surface area contributed by atoms with E-state index in [2.05, 4.69) is 20.9 Å². The summed E-state index contributed by atoms with van der Waals surface area (Å²) in [7, 11) is 0. The molecule has 30 heavy (non-hydrogen) atoms. The van der Waals surface area contributed by atoms with E-state index in [1.165, 1.54) is 24.3 Å². The number of halogens is 1. The molecule has 0 aliphatic heterocycles. The van der Waals surface area contributed by atoms with Gasteiger partial charge in [-0.2, -0.15) is 0 Å². The molecule has 0 bridgehead atoms. The summed E-state index contributed by atoms with van der Waals surface area (Å²) in [5.74, 6) is 1.03. The molecule has 3 unspecified atom stereocenters. The lowest BCUT2D eigenvalue weighted by molar-refractivity contribution is -0.126. The van der Waals surface area contributed by atoms with E-state index in [9.17, 15) is 14.3 Å². The number of rotatable bonds is 9. The minimum absolute atomic E-state index is 0.0504. The van der Waals surface area contributed by atoms with Crippen LogP contribution in [0.25, 0.3) is 0 Å². The smallest absolute Gasteiger partial charge is 0.223 e. The van der Waals surface area contributed by atoms with E-state index >= 15 is 0 Å². The average Bonchev–Trinajstić information content (AvgIpc) is 3.56. The van der Waals surface area contributed by atoms with Crippen molar-refractivity contribution < 1.29 is 19.0 Å². The minimum Gasteiger partial charge on any atom is -0.491 e. The van der Waals surface area contributed by atoms with Crippen molar-refractivity contribution in [3.8, 4) is 5.75 Å². The van der Waals surface area contributed by atoms with Crippen LogP contribution in [0.4, 0.5) is 4.39 Å². The van der Waals surface area contributed by atoms with E-state index in [-0.39, 0.29) is 36.8 Å². The number of aliphatic hydroxyl groups is 1. The third kappa shape index (κ3) is 7.48. The third-order valence-electron chi connectivity index (χ3n) is 5.37. The van der Waals surface area contributed by atoms with Gasteiger partial charge >= 0.3 is 0 Å². The van der Waals surface area contributed by atoms with Gasteiger partial charge in [0.1, 0.15) is 24.3 Å². The summed E-state index contributed by atoms with van der Waals surface area (Å²) in [5.41, 5.74) is 0. The molecule has 2 fully saturated rings. The first kappa shape index (κ1) is 22.3. The van der Waals surface area contributed by atoms with Gasteiger partial charge in [-0.05, 0) is 63.3 Å². The van der Waals surface area contributed by atoms with E-state index in [1.54, 1.807) is 0 Å².